The fourth-order valence-corrected chi connectivity index (χ4v) is 1.33. The molecule has 0 aliphatic heterocycles. The summed E-state index contributed by atoms with van der Waals surface area (Å²) in [6, 6.07) is 0. The van der Waals surface area contributed by atoms with Crippen LogP contribution in [0.25, 0.3) is 0 Å². The predicted octanol–water partition coefficient (Wildman–Crippen LogP) is 2.11. The minimum Gasteiger partial charge on any atom is -0.389 e. The molecule has 1 nitrogen and oxygen atoms in total. The van der Waals surface area contributed by atoms with E-state index in [4.69, 9.17) is 0 Å². The summed E-state index contributed by atoms with van der Waals surface area (Å²) in [4.78, 5) is 0. The molecule has 0 aromatic carbocycles. The monoisotopic (exact) mass is 140 g/mol. The largest absolute Gasteiger partial charge is 0.389 e. The van der Waals surface area contributed by atoms with Crippen molar-refractivity contribution in [3.8, 4) is 0 Å². The van der Waals surface area contributed by atoms with Crippen LogP contribution in [0.15, 0.2) is 12.2 Å². The second-order valence-electron chi connectivity index (χ2n) is 3.26. The third-order valence-corrected chi connectivity index (χ3v) is 2.14. The lowest BCUT2D eigenvalue weighted by Gasteiger charge is -2.14. The van der Waals surface area contributed by atoms with E-state index >= 15 is 0 Å². The molecule has 58 valence electrons. The highest BCUT2D eigenvalue weighted by Gasteiger charge is 2.07. The Labute approximate surface area is 62.8 Å². The average molecular weight is 140 g/mol. The van der Waals surface area contributed by atoms with Crippen molar-refractivity contribution in [3.63, 3.8) is 0 Å². The summed E-state index contributed by atoms with van der Waals surface area (Å²) in [6.07, 6.45) is 8.37. The second-order valence-corrected chi connectivity index (χ2v) is 3.26. The Balaban J connectivity index is 2.38. The van der Waals surface area contributed by atoms with Crippen LogP contribution in [0.4, 0.5) is 0 Å². The van der Waals surface area contributed by atoms with Gasteiger partial charge in [0.05, 0.1) is 6.10 Å². The zero-order valence-electron chi connectivity index (χ0n) is 6.59. The van der Waals surface area contributed by atoms with E-state index in [0.29, 0.717) is 0 Å². The number of rotatable bonds is 0. The Hall–Kier alpha value is -0.300. The van der Waals surface area contributed by atoms with Crippen molar-refractivity contribution in [2.24, 2.45) is 5.92 Å². The second kappa shape index (κ2) is 3.77. The third-order valence-electron chi connectivity index (χ3n) is 2.14. The van der Waals surface area contributed by atoms with Crippen LogP contribution >= 0.6 is 0 Å². The number of hydrogen-bond acceptors (Lipinski definition) is 1. The van der Waals surface area contributed by atoms with Gasteiger partial charge in [0.25, 0.3) is 0 Å². The van der Waals surface area contributed by atoms with Gasteiger partial charge in [-0.2, -0.15) is 0 Å². The van der Waals surface area contributed by atoms with Crippen LogP contribution in [0.5, 0.6) is 0 Å². The molecule has 1 aliphatic carbocycles. The van der Waals surface area contributed by atoms with Crippen LogP contribution in [0.2, 0.25) is 0 Å². The van der Waals surface area contributed by atoms with Gasteiger partial charge in [0.2, 0.25) is 0 Å². The molecule has 0 aromatic heterocycles. The van der Waals surface area contributed by atoms with Gasteiger partial charge in [-0.25, -0.2) is 0 Å². The number of aliphatic hydroxyl groups is 1. The van der Waals surface area contributed by atoms with Crippen LogP contribution in [0.3, 0.4) is 0 Å². The molecule has 1 rings (SSSR count). The van der Waals surface area contributed by atoms with E-state index in [9.17, 15) is 5.11 Å². The van der Waals surface area contributed by atoms with Crippen molar-refractivity contribution in [2.45, 2.75) is 38.7 Å². The van der Waals surface area contributed by atoms with Gasteiger partial charge >= 0.3 is 0 Å². The fourth-order valence-electron chi connectivity index (χ4n) is 1.33. The number of hydrogen-bond donors (Lipinski definition) is 1. The highest BCUT2D eigenvalue weighted by molar-refractivity contribution is 4.90. The molecule has 2 atom stereocenters. The van der Waals surface area contributed by atoms with E-state index in [1.165, 1.54) is 12.8 Å². The molecule has 0 saturated heterocycles. The van der Waals surface area contributed by atoms with Gasteiger partial charge in [0.1, 0.15) is 0 Å². The highest BCUT2D eigenvalue weighted by Crippen LogP contribution is 2.17. The Bertz CT molecular complexity index is 118. The molecule has 0 radical (unpaired) electrons. The first-order valence-electron chi connectivity index (χ1n) is 4.14. The van der Waals surface area contributed by atoms with Gasteiger partial charge in [-0.3, -0.25) is 0 Å². The molecule has 0 heterocycles. The predicted molar refractivity (Wildman–Crippen MR) is 42.8 cm³/mol. The number of allylic oxidation sites excluding steroid dienone is 1. The van der Waals surface area contributed by atoms with E-state index in [2.05, 4.69) is 13.0 Å². The van der Waals surface area contributed by atoms with Crippen molar-refractivity contribution in [3.05, 3.63) is 12.2 Å². The summed E-state index contributed by atoms with van der Waals surface area (Å²) in [5.74, 6) is 0.791. The van der Waals surface area contributed by atoms with Gasteiger partial charge < -0.3 is 5.11 Å². The maximum Gasteiger partial charge on any atom is 0.0721 e. The molecular formula is C9H16O. The normalized spacial score (nSPS) is 38.2. The maximum absolute atomic E-state index is 9.25. The first-order chi connectivity index (χ1) is 4.79. The summed E-state index contributed by atoms with van der Waals surface area (Å²) in [6.45, 7) is 2.26. The molecule has 0 spiro atoms. The van der Waals surface area contributed by atoms with E-state index in [0.717, 1.165) is 18.8 Å². The SMILES string of the molecule is C[C@@H]1CC/C=C/[C@@H](O)CC1. The van der Waals surface area contributed by atoms with Gasteiger partial charge in [-0.1, -0.05) is 19.1 Å². The van der Waals surface area contributed by atoms with Crippen molar-refractivity contribution in [1.82, 2.24) is 0 Å². The molecular weight excluding hydrogens is 124 g/mol. The molecule has 1 aliphatic rings. The van der Waals surface area contributed by atoms with Crippen molar-refractivity contribution in [2.75, 3.05) is 0 Å². The first-order valence-corrected chi connectivity index (χ1v) is 4.14. The van der Waals surface area contributed by atoms with E-state index in [1.54, 1.807) is 0 Å². The Morgan fingerprint density at radius 2 is 2.10 bits per heavy atom. The molecule has 0 unspecified atom stereocenters. The summed E-state index contributed by atoms with van der Waals surface area (Å²) < 4.78 is 0. The van der Waals surface area contributed by atoms with Crippen molar-refractivity contribution >= 4 is 0 Å². The molecule has 0 amide bonds. The van der Waals surface area contributed by atoms with Crippen LogP contribution in [0.1, 0.15) is 32.6 Å². The van der Waals surface area contributed by atoms with E-state index in [1.807, 2.05) is 6.08 Å². The lowest BCUT2D eigenvalue weighted by atomic mass is 9.95. The van der Waals surface area contributed by atoms with Crippen molar-refractivity contribution < 1.29 is 5.11 Å². The van der Waals surface area contributed by atoms with Gasteiger partial charge in [0, 0.05) is 0 Å². The molecule has 10 heavy (non-hydrogen) atoms. The minimum atomic E-state index is -0.178. The van der Waals surface area contributed by atoms with Crippen LogP contribution < -0.4 is 0 Å². The Kier molecular flexibility index (Phi) is 2.94. The lowest BCUT2D eigenvalue weighted by Crippen LogP contribution is -2.07. The molecule has 1 heteroatoms. The van der Waals surface area contributed by atoms with Gasteiger partial charge in [-0.15, -0.1) is 0 Å². The zero-order valence-corrected chi connectivity index (χ0v) is 6.59. The smallest absolute Gasteiger partial charge is 0.0721 e. The average Bonchev–Trinajstić information content (AvgIpc) is 1.90. The van der Waals surface area contributed by atoms with Gasteiger partial charge in [0.15, 0.2) is 0 Å². The minimum absolute atomic E-state index is 0.178. The standard InChI is InChI=1S/C9H16O/c1-8-4-2-3-5-9(10)7-6-8/h3,5,8-10H,2,4,6-7H2,1H3/b5-3+/t8-,9-/m1/s1. The van der Waals surface area contributed by atoms with E-state index in [-0.39, 0.29) is 6.10 Å². The summed E-state index contributed by atoms with van der Waals surface area (Å²) in [5.41, 5.74) is 0. The summed E-state index contributed by atoms with van der Waals surface area (Å²) in [7, 11) is 0. The molecule has 0 bridgehead atoms. The molecule has 0 aromatic rings. The quantitative estimate of drug-likeness (QED) is 0.511. The van der Waals surface area contributed by atoms with Crippen LogP contribution in [-0.4, -0.2) is 11.2 Å². The highest BCUT2D eigenvalue weighted by atomic mass is 16.3. The number of aliphatic hydroxyl groups excluding tert-OH is 1. The van der Waals surface area contributed by atoms with Crippen LogP contribution in [0, 0.1) is 5.92 Å². The van der Waals surface area contributed by atoms with Crippen molar-refractivity contribution in [1.29, 1.82) is 0 Å². The zero-order chi connectivity index (χ0) is 7.40. The lowest BCUT2D eigenvalue weighted by molar-refractivity contribution is 0.197. The fraction of sp³-hybridized carbons (Fsp3) is 0.778. The third kappa shape index (κ3) is 2.53. The summed E-state index contributed by atoms with van der Waals surface area (Å²) in [5, 5.41) is 9.25. The Morgan fingerprint density at radius 3 is 2.90 bits per heavy atom. The Morgan fingerprint density at radius 1 is 1.30 bits per heavy atom. The molecule has 0 fully saturated rings. The topological polar surface area (TPSA) is 20.2 Å². The maximum atomic E-state index is 9.25. The first kappa shape index (κ1) is 7.80. The molecule has 1 N–H and O–H groups in total. The van der Waals surface area contributed by atoms with Crippen LogP contribution in [-0.2, 0) is 0 Å². The summed E-state index contributed by atoms with van der Waals surface area (Å²) >= 11 is 0. The van der Waals surface area contributed by atoms with E-state index < -0.39 is 0 Å². The van der Waals surface area contributed by atoms with Gasteiger partial charge in [-0.05, 0) is 31.6 Å². The molecule has 0 saturated carbocycles.